The normalized spacial score (nSPS) is 19.0. The highest BCUT2D eigenvalue weighted by Crippen LogP contribution is 2.24. The second kappa shape index (κ2) is 10.5. The van der Waals surface area contributed by atoms with Crippen molar-refractivity contribution in [1.82, 2.24) is 20.0 Å². The minimum atomic E-state index is -0.814. The quantitative estimate of drug-likeness (QED) is 0.476. The smallest absolute Gasteiger partial charge is 0.317 e. The number of aliphatic hydroxyl groups excluding tert-OH is 1. The van der Waals surface area contributed by atoms with Gasteiger partial charge in [-0.05, 0) is 56.9 Å². The maximum absolute atomic E-state index is 10.7. The summed E-state index contributed by atoms with van der Waals surface area (Å²) in [6.45, 7) is 2.18. The predicted octanol–water partition coefficient (Wildman–Crippen LogP) is 3.22. The minimum Gasteiger partial charge on any atom is -0.480 e. The Morgan fingerprint density at radius 3 is 2.73 bits per heavy atom. The Labute approximate surface area is 192 Å². The molecule has 1 saturated carbocycles. The molecule has 33 heavy (non-hydrogen) atoms. The molecular weight excluding hydrogens is 420 g/mol. The van der Waals surface area contributed by atoms with Gasteiger partial charge in [0.15, 0.2) is 5.76 Å². The van der Waals surface area contributed by atoms with Crippen LogP contribution in [0.5, 0.6) is 0 Å². The fourth-order valence-electron chi connectivity index (χ4n) is 4.10. The summed E-state index contributed by atoms with van der Waals surface area (Å²) in [4.78, 5) is 14.8. The summed E-state index contributed by atoms with van der Waals surface area (Å²) in [6.07, 6.45) is 6.69. The van der Waals surface area contributed by atoms with E-state index >= 15 is 0 Å². The molecule has 8 heteroatoms. The molecule has 0 amide bonds. The molecule has 0 bridgehead atoms. The van der Waals surface area contributed by atoms with Crippen LogP contribution in [0.2, 0.25) is 0 Å². The van der Waals surface area contributed by atoms with E-state index in [1.165, 1.54) is 0 Å². The first-order chi connectivity index (χ1) is 16.0. The van der Waals surface area contributed by atoms with Crippen molar-refractivity contribution >= 4 is 5.97 Å². The SMILES string of the molecule is C[C@H](O)c1nccn1Cc1cc(-c2ccc(C#CC3CCC(NCC(=O)O)CC3)cc2)on1. The van der Waals surface area contributed by atoms with Gasteiger partial charge < -0.3 is 24.6 Å². The summed E-state index contributed by atoms with van der Waals surface area (Å²) in [5.41, 5.74) is 2.62. The first-order valence-corrected chi connectivity index (χ1v) is 11.2. The van der Waals surface area contributed by atoms with Crippen LogP contribution in [0.3, 0.4) is 0 Å². The van der Waals surface area contributed by atoms with Gasteiger partial charge in [-0.25, -0.2) is 4.98 Å². The number of rotatable bonds is 7. The summed E-state index contributed by atoms with van der Waals surface area (Å²) >= 11 is 0. The zero-order chi connectivity index (χ0) is 23.2. The third kappa shape index (κ3) is 6.09. The van der Waals surface area contributed by atoms with Crippen LogP contribution in [0.1, 0.15) is 55.8 Å². The molecule has 1 aromatic carbocycles. The highest BCUT2D eigenvalue weighted by molar-refractivity contribution is 5.69. The van der Waals surface area contributed by atoms with Gasteiger partial charge >= 0.3 is 5.97 Å². The van der Waals surface area contributed by atoms with E-state index in [0.717, 1.165) is 42.5 Å². The molecule has 1 atom stereocenters. The molecule has 8 nitrogen and oxygen atoms in total. The maximum atomic E-state index is 10.7. The monoisotopic (exact) mass is 448 g/mol. The number of carboxylic acids is 1. The zero-order valence-corrected chi connectivity index (χ0v) is 18.6. The van der Waals surface area contributed by atoms with E-state index in [1.54, 1.807) is 13.1 Å². The van der Waals surface area contributed by atoms with Gasteiger partial charge in [-0.15, -0.1) is 0 Å². The lowest BCUT2D eigenvalue weighted by Gasteiger charge is -2.25. The number of hydrogen-bond donors (Lipinski definition) is 3. The number of nitrogens with one attached hydrogen (secondary N) is 1. The Morgan fingerprint density at radius 1 is 1.27 bits per heavy atom. The Balaban J connectivity index is 1.32. The first-order valence-electron chi connectivity index (χ1n) is 11.2. The van der Waals surface area contributed by atoms with E-state index in [2.05, 4.69) is 27.3 Å². The molecule has 0 saturated heterocycles. The molecule has 1 aliphatic carbocycles. The molecule has 1 fully saturated rings. The van der Waals surface area contributed by atoms with Gasteiger partial charge in [-0.1, -0.05) is 17.0 Å². The maximum Gasteiger partial charge on any atom is 0.317 e. The Hall–Kier alpha value is -3.41. The Kier molecular flexibility index (Phi) is 7.23. The predicted molar refractivity (Wildman–Crippen MR) is 122 cm³/mol. The summed E-state index contributed by atoms with van der Waals surface area (Å²) in [5, 5.41) is 25.8. The first kappa shape index (κ1) is 22.8. The molecule has 2 heterocycles. The average Bonchev–Trinajstić information content (AvgIpc) is 3.47. The lowest BCUT2D eigenvalue weighted by Crippen LogP contribution is -2.36. The number of aromatic nitrogens is 3. The fraction of sp³-hybridized carbons (Fsp3) is 0.400. The molecule has 0 spiro atoms. The summed E-state index contributed by atoms with van der Waals surface area (Å²) < 4.78 is 7.36. The molecule has 3 N–H and O–H groups in total. The number of carboxylic acid groups (broad SMARTS) is 1. The number of imidazole rings is 1. The van der Waals surface area contributed by atoms with Crippen molar-refractivity contribution in [3.63, 3.8) is 0 Å². The number of carbonyl (C=O) groups is 1. The summed E-state index contributed by atoms with van der Waals surface area (Å²) in [7, 11) is 0. The molecule has 4 rings (SSSR count). The number of hydrogen-bond acceptors (Lipinski definition) is 6. The summed E-state index contributed by atoms with van der Waals surface area (Å²) in [5.74, 6) is 7.43. The average molecular weight is 449 g/mol. The zero-order valence-electron chi connectivity index (χ0n) is 18.6. The van der Waals surface area contributed by atoms with E-state index in [-0.39, 0.29) is 12.6 Å². The molecule has 2 aromatic heterocycles. The van der Waals surface area contributed by atoms with Crippen LogP contribution < -0.4 is 5.32 Å². The number of aliphatic hydroxyl groups is 1. The lowest BCUT2D eigenvalue weighted by atomic mass is 9.86. The number of nitrogens with zero attached hydrogens (tertiary/aromatic N) is 3. The molecule has 0 radical (unpaired) electrons. The highest BCUT2D eigenvalue weighted by atomic mass is 16.5. The van der Waals surface area contributed by atoms with Crippen LogP contribution in [0.25, 0.3) is 11.3 Å². The molecule has 172 valence electrons. The van der Waals surface area contributed by atoms with Crippen LogP contribution >= 0.6 is 0 Å². The Bertz CT molecular complexity index is 1130. The van der Waals surface area contributed by atoms with E-state index in [0.29, 0.717) is 24.0 Å². The van der Waals surface area contributed by atoms with Crippen LogP contribution in [-0.4, -0.2) is 43.5 Å². The third-order valence-electron chi connectivity index (χ3n) is 5.87. The van der Waals surface area contributed by atoms with Crippen molar-refractivity contribution in [2.75, 3.05) is 6.54 Å². The minimum absolute atomic E-state index is 0.0203. The third-order valence-corrected chi connectivity index (χ3v) is 5.87. The van der Waals surface area contributed by atoms with Crippen LogP contribution in [0.4, 0.5) is 0 Å². The fourth-order valence-corrected chi connectivity index (χ4v) is 4.10. The second-order valence-corrected chi connectivity index (χ2v) is 8.44. The van der Waals surface area contributed by atoms with Crippen molar-refractivity contribution < 1.29 is 19.5 Å². The molecule has 1 aliphatic rings. The van der Waals surface area contributed by atoms with E-state index < -0.39 is 12.1 Å². The molecule has 3 aromatic rings. The number of benzene rings is 1. The molecule has 0 unspecified atom stereocenters. The van der Waals surface area contributed by atoms with Crippen molar-refractivity contribution in [2.24, 2.45) is 5.92 Å². The van der Waals surface area contributed by atoms with Gasteiger partial charge in [0, 0.05) is 41.5 Å². The van der Waals surface area contributed by atoms with Gasteiger partial charge in [0.25, 0.3) is 0 Å². The Morgan fingerprint density at radius 2 is 2.03 bits per heavy atom. The standard InChI is InChI=1S/C25H28N4O4/c1-17(30)25-26-12-13-29(25)16-22-14-23(33-28-22)20-8-4-18(5-9-20)2-3-19-6-10-21(11-7-19)27-15-24(31)32/h4-5,8-9,12-14,17,19,21,27,30H,6-7,10-11,15-16H2,1H3,(H,31,32)/t17-,19?,21?/m0/s1. The van der Waals surface area contributed by atoms with E-state index in [4.69, 9.17) is 9.63 Å². The van der Waals surface area contributed by atoms with Crippen LogP contribution in [0, 0.1) is 17.8 Å². The van der Waals surface area contributed by atoms with Crippen molar-refractivity contribution in [1.29, 1.82) is 0 Å². The number of aliphatic carboxylic acids is 1. The van der Waals surface area contributed by atoms with Crippen LogP contribution in [-0.2, 0) is 11.3 Å². The van der Waals surface area contributed by atoms with Crippen molar-refractivity contribution in [3.8, 4) is 23.2 Å². The van der Waals surface area contributed by atoms with E-state index in [1.807, 2.05) is 41.1 Å². The van der Waals surface area contributed by atoms with Crippen molar-refractivity contribution in [3.05, 3.63) is 59.8 Å². The van der Waals surface area contributed by atoms with Gasteiger partial charge in [-0.3, -0.25) is 4.79 Å². The summed E-state index contributed by atoms with van der Waals surface area (Å²) in [6, 6.07) is 10.1. The highest BCUT2D eigenvalue weighted by Gasteiger charge is 2.20. The second-order valence-electron chi connectivity index (χ2n) is 8.44. The largest absolute Gasteiger partial charge is 0.480 e. The topological polar surface area (TPSA) is 113 Å². The van der Waals surface area contributed by atoms with Crippen molar-refractivity contribution in [2.45, 2.75) is 51.3 Å². The van der Waals surface area contributed by atoms with Gasteiger partial charge in [0.05, 0.1) is 13.1 Å². The van der Waals surface area contributed by atoms with E-state index in [9.17, 15) is 9.90 Å². The molecule has 0 aliphatic heterocycles. The van der Waals surface area contributed by atoms with Gasteiger partial charge in [0.2, 0.25) is 0 Å². The van der Waals surface area contributed by atoms with Gasteiger partial charge in [-0.2, -0.15) is 0 Å². The lowest BCUT2D eigenvalue weighted by molar-refractivity contribution is -0.136. The van der Waals surface area contributed by atoms with Gasteiger partial charge in [0.1, 0.15) is 17.6 Å². The molecular formula is C25H28N4O4. The van der Waals surface area contributed by atoms with Crippen LogP contribution in [0.15, 0.2) is 47.2 Å².